The predicted molar refractivity (Wildman–Crippen MR) is 87.2 cm³/mol. The second-order valence-electron chi connectivity index (χ2n) is 6.76. The maximum absolute atomic E-state index is 12.9. The Morgan fingerprint density at radius 2 is 1.84 bits per heavy atom. The molecule has 2 heterocycles. The summed E-state index contributed by atoms with van der Waals surface area (Å²) >= 11 is 0. The van der Waals surface area contributed by atoms with E-state index in [0.717, 1.165) is 19.5 Å². The van der Waals surface area contributed by atoms with Gasteiger partial charge in [0.05, 0.1) is 19.6 Å². The molecule has 2 rings (SSSR count). The van der Waals surface area contributed by atoms with Gasteiger partial charge in [0.25, 0.3) is 5.91 Å². The van der Waals surface area contributed by atoms with Gasteiger partial charge in [0, 0.05) is 38.1 Å². The number of hydrogen-bond acceptors (Lipinski definition) is 4. The second kappa shape index (κ2) is 9.19. The lowest BCUT2D eigenvalue weighted by molar-refractivity contribution is -0.152. The highest BCUT2D eigenvalue weighted by molar-refractivity contribution is 5.81. The zero-order valence-corrected chi connectivity index (χ0v) is 15.1. The van der Waals surface area contributed by atoms with E-state index in [9.17, 15) is 18.0 Å². The molecule has 0 radical (unpaired) electrons. The largest absolute Gasteiger partial charge is 0.390 e. The number of hydrogen-bond donors (Lipinski definition) is 0. The molecule has 2 aliphatic heterocycles. The number of carbonyl (C=O) groups is 1. The molecule has 5 nitrogen and oxygen atoms in total. The molecular weight excluding hydrogens is 337 g/mol. The van der Waals surface area contributed by atoms with E-state index in [1.807, 2.05) is 13.8 Å². The number of rotatable bonds is 8. The molecule has 3 atom stereocenters. The summed E-state index contributed by atoms with van der Waals surface area (Å²) in [6.45, 7) is 7.76. The third-order valence-electron chi connectivity index (χ3n) is 5.21. The number of fused-ring (bicyclic) bond motifs is 1. The van der Waals surface area contributed by atoms with Crippen LogP contribution in [0.3, 0.4) is 0 Å². The predicted octanol–water partition coefficient (Wildman–Crippen LogP) is 2.16. The first-order valence-electron chi connectivity index (χ1n) is 9.13. The van der Waals surface area contributed by atoms with E-state index in [2.05, 4.69) is 4.90 Å². The summed E-state index contributed by atoms with van der Waals surface area (Å²) in [5.41, 5.74) is 0. The van der Waals surface area contributed by atoms with Crippen LogP contribution in [0.2, 0.25) is 0 Å². The molecule has 146 valence electrons. The second-order valence-corrected chi connectivity index (χ2v) is 6.76. The normalized spacial score (nSPS) is 26.7. The molecule has 1 amide bonds. The molecule has 0 saturated carbocycles. The molecule has 0 bridgehead atoms. The minimum atomic E-state index is -4.27. The molecule has 2 aliphatic rings. The van der Waals surface area contributed by atoms with Gasteiger partial charge in [-0.25, -0.2) is 0 Å². The van der Waals surface area contributed by atoms with E-state index < -0.39 is 18.7 Å². The summed E-state index contributed by atoms with van der Waals surface area (Å²) in [4.78, 5) is 16.3. The number of halogens is 3. The quantitative estimate of drug-likeness (QED) is 0.660. The number of nitrogens with zero attached hydrogens (tertiary/aromatic N) is 2. The first-order valence-corrected chi connectivity index (χ1v) is 9.13. The maximum Gasteiger partial charge on any atom is 0.390 e. The number of carbonyl (C=O) groups excluding carboxylic acids is 1. The molecule has 0 spiro atoms. The SMILES string of the molecule is CCN(CC)CCN(CCC(F)(F)F)C(=O)C1OCC2COCCC21. The summed E-state index contributed by atoms with van der Waals surface area (Å²) in [5.74, 6) is -0.0659. The van der Waals surface area contributed by atoms with Gasteiger partial charge in [0.2, 0.25) is 0 Å². The monoisotopic (exact) mass is 366 g/mol. The van der Waals surface area contributed by atoms with Gasteiger partial charge in [0.1, 0.15) is 6.10 Å². The van der Waals surface area contributed by atoms with Crippen molar-refractivity contribution in [3.8, 4) is 0 Å². The van der Waals surface area contributed by atoms with Crippen molar-refractivity contribution in [2.75, 3.05) is 52.5 Å². The summed E-state index contributed by atoms with van der Waals surface area (Å²) < 4.78 is 49.1. The van der Waals surface area contributed by atoms with Crippen molar-refractivity contribution in [2.24, 2.45) is 11.8 Å². The van der Waals surface area contributed by atoms with E-state index in [-0.39, 0.29) is 24.3 Å². The molecule has 0 N–H and O–H groups in total. The highest BCUT2D eigenvalue weighted by Gasteiger charge is 2.44. The zero-order chi connectivity index (χ0) is 18.4. The topological polar surface area (TPSA) is 42.0 Å². The molecule has 0 aromatic rings. The first-order chi connectivity index (χ1) is 11.9. The van der Waals surface area contributed by atoms with Crippen molar-refractivity contribution in [2.45, 2.75) is 39.0 Å². The average molecular weight is 366 g/mol. The van der Waals surface area contributed by atoms with Crippen molar-refractivity contribution in [1.82, 2.24) is 9.80 Å². The van der Waals surface area contributed by atoms with E-state index >= 15 is 0 Å². The molecule has 0 aromatic carbocycles. The lowest BCUT2D eigenvalue weighted by Crippen LogP contribution is -2.47. The number of likely N-dealkylation sites (N-methyl/N-ethyl adjacent to an activating group) is 1. The molecule has 2 saturated heterocycles. The van der Waals surface area contributed by atoms with Crippen LogP contribution in [-0.2, 0) is 14.3 Å². The van der Waals surface area contributed by atoms with Crippen LogP contribution < -0.4 is 0 Å². The van der Waals surface area contributed by atoms with Gasteiger partial charge in [-0.3, -0.25) is 4.79 Å². The van der Waals surface area contributed by atoms with E-state index in [1.165, 1.54) is 4.90 Å². The fourth-order valence-electron chi connectivity index (χ4n) is 3.56. The van der Waals surface area contributed by atoms with E-state index in [1.54, 1.807) is 0 Å². The summed E-state index contributed by atoms with van der Waals surface area (Å²) in [6.07, 6.45) is -5.16. The Hall–Kier alpha value is -0.860. The molecule has 0 aromatic heterocycles. The molecule has 3 unspecified atom stereocenters. The summed E-state index contributed by atoms with van der Waals surface area (Å²) in [6, 6.07) is 0. The standard InChI is InChI=1S/C17H29F3N2O3/c1-3-21(4-2)8-9-22(7-6-17(18,19)20)16(23)15-14-5-10-24-11-13(14)12-25-15/h13-15H,3-12H2,1-2H3. The highest BCUT2D eigenvalue weighted by atomic mass is 19.4. The molecule has 25 heavy (non-hydrogen) atoms. The van der Waals surface area contributed by atoms with Gasteiger partial charge in [-0.05, 0) is 19.5 Å². The van der Waals surface area contributed by atoms with Gasteiger partial charge in [-0.1, -0.05) is 13.8 Å². The Kier molecular flexibility index (Phi) is 7.51. The average Bonchev–Trinajstić information content (AvgIpc) is 3.01. The van der Waals surface area contributed by atoms with Crippen molar-refractivity contribution >= 4 is 5.91 Å². The molecular formula is C17H29F3N2O3. The number of ether oxygens (including phenoxy) is 2. The van der Waals surface area contributed by atoms with Crippen LogP contribution in [-0.4, -0.2) is 80.5 Å². The Morgan fingerprint density at radius 1 is 1.12 bits per heavy atom. The maximum atomic E-state index is 12.9. The summed E-state index contributed by atoms with van der Waals surface area (Å²) in [7, 11) is 0. The van der Waals surface area contributed by atoms with Crippen molar-refractivity contribution in [3.05, 3.63) is 0 Å². The lowest BCUT2D eigenvalue weighted by atomic mass is 9.86. The summed E-state index contributed by atoms with van der Waals surface area (Å²) in [5, 5.41) is 0. The van der Waals surface area contributed by atoms with Gasteiger partial charge in [0.15, 0.2) is 0 Å². The van der Waals surface area contributed by atoms with E-state index in [4.69, 9.17) is 9.47 Å². The molecule has 2 fully saturated rings. The third-order valence-corrected chi connectivity index (χ3v) is 5.21. The van der Waals surface area contributed by atoms with E-state index in [0.29, 0.717) is 32.9 Å². The number of alkyl halides is 3. The molecule has 8 heteroatoms. The van der Waals surface area contributed by atoms with Crippen LogP contribution >= 0.6 is 0 Å². The smallest absolute Gasteiger partial charge is 0.381 e. The highest BCUT2D eigenvalue weighted by Crippen LogP contribution is 2.34. The minimum Gasteiger partial charge on any atom is -0.381 e. The Morgan fingerprint density at radius 3 is 2.48 bits per heavy atom. The van der Waals surface area contributed by atoms with Crippen LogP contribution in [0.1, 0.15) is 26.7 Å². The van der Waals surface area contributed by atoms with Crippen LogP contribution in [0.4, 0.5) is 13.2 Å². The Bertz CT molecular complexity index is 430. The zero-order valence-electron chi connectivity index (χ0n) is 15.1. The third kappa shape index (κ3) is 5.82. The van der Waals surface area contributed by atoms with Crippen molar-refractivity contribution in [1.29, 1.82) is 0 Å². The molecule has 0 aliphatic carbocycles. The van der Waals surface area contributed by atoms with Crippen LogP contribution in [0, 0.1) is 11.8 Å². The van der Waals surface area contributed by atoms with Crippen molar-refractivity contribution in [3.63, 3.8) is 0 Å². The van der Waals surface area contributed by atoms with Gasteiger partial charge in [-0.15, -0.1) is 0 Å². The number of amides is 1. The van der Waals surface area contributed by atoms with Gasteiger partial charge in [-0.2, -0.15) is 13.2 Å². The minimum absolute atomic E-state index is 0.0584. The van der Waals surface area contributed by atoms with Gasteiger partial charge < -0.3 is 19.3 Å². The Balaban J connectivity index is 2.00. The first kappa shape index (κ1) is 20.5. The van der Waals surface area contributed by atoms with Crippen LogP contribution in [0.5, 0.6) is 0 Å². The fraction of sp³-hybridized carbons (Fsp3) is 0.941. The fourth-order valence-corrected chi connectivity index (χ4v) is 3.56. The van der Waals surface area contributed by atoms with Gasteiger partial charge >= 0.3 is 6.18 Å². The van der Waals surface area contributed by atoms with Crippen LogP contribution in [0.15, 0.2) is 0 Å². The van der Waals surface area contributed by atoms with Crippen molar-refractivity contribution < 1.29 is 27.4 Å². The van der Waals surface area contributed by atoms with Crippen LogP contribution in [0.25, 0.3) is 0 Å². The lowest BCUT2D eigenvalue weighted by Gasteiger charge is -2.32. The Labute approximate surface area is 147 Å².